The van der Waals surface area contributed by atoms with E-state index in [0.29, 0.717) is 5.38 Å². The highest BCUT2D eigenvalue weighted by molar-refractivity contribution is 6.20. The van der Waals surface area contributed by atoms with Crippen LogP contribution in [-0.2, 0) is 11.8 Å². The van der Waals surface area contributed by atoms with Crippen molar-refractivity contribution in [1.82, 2.24) is 0 Å². The average molecular weight is 239 g/mol. The van der Waals surface area contributed by atoms with Gasteiger partial charge in [0.1, 0.15) is 0 Å². The number of benzene rings is 1. The van der Waals surface area contributed by atoms with Gasteiger partial charge in [0.25, 0.3) is 0 Å². The zero-order valence-electron chi connectivity index (χ0n) is 10.9. The van der Waals surface area contributed by atoms with E-state index in [1.807, 2.05) is 0 Å². The summed E-state index contributed by atoms with van der Waals surface area (Å²) in [6.45, 7) is 8.80. The number of rotatable bonds is 4. The molecular formula is C15H23Cl. The fourth-order valence-corrected chi connectivity index (χ4v) is 1.91. The Balaban J connectivity index is 2.52. The first kappa shape index (κ1) is 13.6. The summed E-state index contributed by atoms with van der Waals surface area (Å²) >= 11 is 5.93. The average Bonchev–Trinajstić information content (AvgIpc) is 2.16. The second-order valence-electron chi connectivity index (χ2n) is 5.62. The van der Waals surface area contributed by atoms with Gasteiger partial charge in [-0.2, -0.15) is 0 Å². The van der Waals surface area contributed by atoms with Gasteiger partial charge in [-0.3, -0.25) is 0 Å². The van der Waals surface area contributed by atoms with Crippen molar-refractivity contribution in [3.05, 3.63) is 35.4 Å². The van der Waals surface area contributed by atoms with Crippen LogP contribution < -0.4 is 0 Å². The largest absolute Gasteiger partial charge is 0.123 e. The van der Waals surface area contributed by atoms with Crippen LogP contribution >= 0.6 is 11.6 Å². The van der Waals surface area contributed by atoms with Crippen LogP contribution in [0.5, 0.6) is 0 Å². The number of aryl methyl sites for hydroxylation is 1. The molecule has 0 fully saturated rings. The summed E-state index contributed by atoms with van der Waals surface area (Å²) in [5.41, 5.74) is 3.08. The topological polar surface area (TPSA) is 0 Å². The Bertz CT molecular complexity index is 303. The first-order chi connectivity index (χ1) is 7.39. The Morgan fingerprint density at radius 2 is 1.69 bits per heavy atom. The molecule has 16 heavy (non-hydrogen) atoms. The van der Waals surface area contributed by atoms with Gasteiger partial charge in [0.2, 0.25) is 0 Å². The summed E-state index contributed by atoms with van der Waals surface area (Å²) in [5, 5.41) is 0.300. The third-order valence-corrected chi connectivity index (χ3v) is 3.11. The van der Waals surface area contributed by atoms with Crippen molar-refractivity contribution in [2.24, 2.45) is 0 Å². The van der Waals surface area contributed by atoms with Gasteiger partial charge in [-0.05, 0) is 42.7 Å². The van der Waals surface area contributed by atoms with Gasteiger partial charge in [0.05, 0.1) is 0 Å². The van der Waals surface area contributed by atoms with Gasteiger partial charge in [0.15, 0.2) is 0 Å². The molecule has 0 amide bonds. The van der Waals surface area contributed by atoms with Crippen LogP contribution in [0.3, 0.4) is 0 Å². The fourth-order valence-electron chi connectivity index (χ4n) is 1.76. The highest BCUT2D eigenvalue weighted by Crippen LogP contribution is 2.22. The minimum atomic E-state index is 0.253. The summed E-state index contributed by atoms with van der Waals surface area (Å²) in [6, 6.07) is 9.00. The monoisotopic (exact) mass is 238 g/mol. The number of hydrogen-bond donors (Lipinski definition) is 0. The highest BCUT2D eigenvalue weighted by Gasteiger charge is 2.12. The molecule has 0 radical (unpaired) electrons. The Morgan fingerprint density at radius 3 is 2.12 bits per heavy atom. The lowest BCUT2D eigenvalue weighted by Gasteiger charge is -2.19. The fraction of sp³-hybridized carbons (Fsp3) is 0.600. The van der Waals surface area contributed by atoms with Crippen LogP contribution in [0.15, 0.2) is 24.3 Å². The predicted molar refractivity (Wildman–Crippen MR) is 73.4 cm³/mol. The van der Waals surface area contributed by atoms with Gasteiger partial charge in [-0.25, -0.2) is 0 Å². The molecule has 0 spiro atoms. The summed E-state index contributed by atoms with van der Waals surface area (Å²) in [6.07, 6.45) is 3.42. The standard InChI is InChI=1S/C15H23Cl/c1-12(16)6-5-7-13-8-10-14(11-9-13)15(2,3)4/h8-12H,5-7H2,1-4H3. The van der Waals surface area contributed by atoms with E-state index in [0.717, 1.165) is 12.8 Å². The summed E-state index contributed by atoms with van der Waals surface area (Å²) in [7, 11) is 0. The molecule has 0 saturated carbocycles. The van der Waals surface area contributed by atoms with Crippen LogP contribution in [0, 0.1) is 0 Å². The third-order valence-electron chi connectivity index (χ3n) is 2.89. The quantitative estimate of drug-likeness (QED) is 0.653. The lowest BCUT2D eigenvalue weighted by molar-refractivity contribution is 0.590. The first-order valence-corrected chi connectivity index (χ1v) is 6.57. The molecule has 0 heterocycles. The zero-order chi connectivity index (χ0) is 12.2. The molecule has 0 aliphatic heterocycles. The normalized spacial score (nSPS) is 13.8. The summed E-state index contributed by atoms with van der Waals surface area (Å²) in [4.78, 5) is 0. The Kier molecular flexibility index (Phi) is 4.86. The van der Waals surface area contributed by atoms with E-state index in [9.17, 15) is 0 Å². The van der Waals surface area contributed by atoms with Crippen LogP contribution in [0.4, 0.5) is 0 Å². The molecule has 1 atom stereocenters. The SMILES string of the molecule is CC(Cl)CCCc1ccc(C(C)(C)C)cc1. The van der Waals surface area contributed by atoms with Gasteiger partial charge < -0.3 is 0 Å². The van der Waals surface area contributed by atoms with Crippen molar-refractivity contribution in [2.75, 3.05) is 0 Å². The molecule has 0 N–H and O–H groups in total. The van der Waals surface area contributed by atoms with Crippen LogP contribution in [-0.4, -0.2) is 5.38 Å². The minimum Gasteiger partial charge on any atom is -0.123 e. The van der Waals surface area contributed by atoms with E-state index in [4.69, 9.17) is 11.6 Å². The molecule has 1 aromatic carbocycles. The molecule has 0 nitrogen and oxygen atoms in total. The van der Waals surface area contributed by atoms with E-state index in [2.05, 4.69) is 52.0 Å². The third kappa shape index (κ3) is 4.57. The lowest BCUT2D eigenvalue weighted by atomic mass is 9.86. The van der Waals surface area contributed by atoms with E-state index in [1.54, 1.807) is 0 Å². The van der Waals surface area contributed by atoms with Gasteiger partial charge in [-0.1, -0.05) is 45.0 Å². The maximum atomic E-state index is 5.93. The number of halogens is 1. The van der Waals surface area contributed by atoms with Crippen LogP contribution in [0.2, 0.25) is 0 Å². The van der Waals surface area contributed by atoms with Crippen LogP contribution in [0.25, 0.3) is 0 Å². The summed E-state index contributed by atoms with van der Waals surface area (Å²) < 4.78 is 0. The van der Waals surface area contributed by atoms with Crippen molar-refractivity contribution in [3.63, 3.8) is 0 Å². The molecule has 0 saturated heterocycles. The van der Waals surface area contributed by atoms with Crippen molar-refractivity contribution in [2.45, 2.75) is 57.7 Å². The number of alkyl halides is 1. The first-order valence-electron chi connectivity index (χ1n) is 6.13. The molecule has 0 aliphatic rings. The molecule has 0 aliphatic carbocycles. The van der Waals surface area contributed by atoms with Gasteiger partial charge in [-0.15, -0.1) is 11.6 Å². The van der Waals surface area contributed by atoms with E-state index in [-0.39, 0.29) is 5.41 Å². The summed E-state index contributed by atoms with van der Waals surface area (Å²) in [5.74, 6) is 0. The molecule has 1 unspecified atom stereocenters. The van der Waals surface area contributed by atoms with Crippen molar-refractivity contribution in [3.8, 4) is 0 Å². The minimum absolute atomic E-state index is 0.253. The van der Waals surface area contributed by atoms with Crippen molar-refractivity contribution < 1.29 is 0 Å². The van der Waals surface area contributed by atoms with Crippen molar-refractivity contribution >= 4 is 11.6 Å². The van der Waals surface area contributed by atoms with Gasteiger partial charge >= 0.3 is 0 Å². The van der Waals surface area contributed by atoms with E-state index in [1.165, 1.54) is 17.5 Å². The highest BCUT2D eigenvalue weighted by atomic mass is 35.5. The molecule has 1 rings (SSSR count). The second kappa shape index (κ2) is 5.72. The maximum absolute atomic E-state index is 5.93. The van der Waals surface area contributed by atoms with Crippen molar-refractivity contribution in [1.29, 1.82) is 0 Å². The molecule has 1 heteroatoms. The number of hydrogen-bond acceptors (Lipinski definition) is 0. The molecule has 0 bridgehead atoms. The smallest absolute Gasteiger partial charge is 0.0308 e. The predicted octanol–water partition coefficient (Wildman–Crippen LogP) is 4.93. The second-order valence-corrected chi connectivity index (χ2v) is 6.36. The Labute approximate surface area is 105 Å². The zero-order valence-corrected chi connectivity index (χ0v) is 11.6. The van der Waals surface area contributed by atoms with E-state index >= 15 is 0 Å². The molecule has 1 aromatic rings. The Morgan fingerprint density at radius 1 is 1.12 bits per heavy atom. The molecular weight excluding hydrogens is 216 g/mol. The maximum Gasteiger partial charge on any atom is 0.0308 e. The lowest BCUT2D eigenvalue weighted by Crippen LogP contribution is -2.10. The van der Waals surface area contributed by atoms with Crippen LogP contribution in [0.1, 0.15) is 51.7 Å². The Hall–Kier alpha value is -0.490. The molecule has 0 aromatic heterocycles. The van der Waals surface area contributed by atoms with E-state index < -0.39 is 0 Å². The van der Waals surface area contributed by atoms with Gasteiger partial charge in [0, 0.05) is 5.38 Å². The molecule has 90 valence electrons.